The van der Waals surface area contributed by atoms with Crippen molar-refractivity contribution in [1.29, 1.82) is 0 Å². The van der Waals surface area contributed by atoms with Crippen LogP contribution in [-0.2, 0) is 0 Å². The minimum absolute atomic E-state index is 0.889. The predicted molar refractivity (Wildman–Crippen MR) is 42.0 cm³/mol. The van der Waals surface area contributed by atoms with Crippen LogP contribution in [0.5, 0.6) is 0 Å². The predicted octanol–water partition coefficient (Wildman–Crippen LogP) is 0.256. The van der Waals surface area contributed by atoms with Crippen LogP contribution in [0.15, 0.2) is 0 Å². The van der Waals surface area contributed by atoms with Gasteiger partial charge in [0.2, 0.25) is 0 Å². The highest BCUT2D eigenvalue weighted by Gasteiger charge is 2.26. The lowest BCUT2D eigenvalue weighted by Gasteiger charge is -2.37. The van der Waals surface area contributed by atoms with E-state index in [-0.39, 0.29) is 0 Å². The van der Waals surface area contributed by atoms with Crippen molar-refractivity contribution in [3.63, 3.8) is 0 Å². The van der Waals surface area contributed by atoms with Crippen molar-refractivity contribution in [2.24, 2.45) is 0 Å². The molecule has 1 saturated heterocycles. The maximum Gasteiger partial charge on any atom is 0.115 e. The molecular formula is C7H18N3+. The first-order valence-electron chi connectivity index (χ1n) is 4.08. The highest BCUT2D eigenvalue weighted by atomic mass is 15.8. The molecule has 0 aromatic rings. The fraction of sp³-hybridized carbons (Fsp3) is 1.00. The van der Waals surface area contributed by atoms with Crippen LogP contribution in [0.2, 0.25) is 0 Å². The lowest BCUT2D eigenvalue weighted by Crippen LogP contribution is -2.65. The molecule has 3 heteroatoms. The van der Waals surface area contributed by atoms with Crippen LogP contribution >= 0.6 is 0 Å². The standard InChI is InChI=1S/C7H18N3/c1-8-10(9-2)6-4-3-5-7-10/h8-9H,3-7H2,1-2H3/q+1. The highest BCUT2D eigenvalue weighted by molar-refractivity contribution is 4.47. The third-order valence-electron chi connectivity index (χ3n) is 2.44. The van der Waals surface area contributed by atoms with E-state index < -0.39 is 0 Å². The van der Waals surface area contributed by atoms with Crippen LogP contribution in [-0.4, -0.2) is 31.9 Å². The second-order valence-corrected chi connectivity index (χ2v) is 2.92. The van der Waals surface area contributed by atoms with Gasteiger partial charge in [0.05, 0.1) is 0 Å². The van der Waals surface area contributed by atoms with Crippen molar-refractivity contribution in [3.05, 3.63) is 0 Å². The first-order chi connectivity index (χ1) is 4.83. The Morgan fingerprint density at radius 2 is 1.40 bits per heavy atom. The zero-order valence-corrected chi connectivity index (χ0v) is 6.98. The summed E-state index contributed by atoms with van der Waals surface area (Å²) in [7, 11) is 4.03. The summed E-state index contributed by atoms with van der Waals surface area (Å²) in [6.45, 7) is 2.43. The molecule has 0 unspecified atom stereocenters. The molecule has 60 valence electrons. The summed E-state index contributed by atoms with van der Waals surface area (Å²) < 4.78 is 0.889. The molecule has 0 aromatic heterocycles. The Kier molecular flexibility index (Phi) is 2.65. The Morgan fingerprint density at radius 3 is 1.70 bits per heavy atom. The number of hydrogen-bond acceptors (Lipinski definition) is 2. The van der Waals surface area contributed by atoms with E-state index in [9.17, 15) is 0 Å². The normalized spacial score (nSPS) is 24.6. The van der Waals surface area contributed by atoms with Crippen LogP contribution < -0.4 is 10.9 Å². The molecular weight excluding hydrogens is 126 g/mol. The number of nitrogens with one attached hydrogen (secondary N) is 2. The lowest BCUT2D eigenvalue weighted by molar-refractivity contribution is -1.01. The van der Waals surface area contributed by atoms with E-state index in [4.69, 9.17) is 0 Å². The molecule has 10 heavy (non-hydrogen) atoms. The number of quaternary nitrogens is 1. The monoisotopic (exact) mass is 144 g/mol. The quantitative estimate of drug-likeness (QED) is 0.543. The summed E-state index contributed by atoms with van der Waals surface area (Å²) in [5.74, 6) is 0. The van der Waals surface area contributed by atoms with E-state index in [0.29, 0.717) is 0 Å². The van der Waals surface area contributed by atoms with Crippen molar-refractivity contribution in [2.45, 2.75) is 19.3 Å². The summed E-state index contributed by atoms with van der Waals surface area (Å²) in [6.07, 6.45) is 4.06. The lowest BCUT2D eigenvalue weighted by atomic mass is 10.1. The highest BCUT2D eigenvalue weighted by Crippen LogP contribution is 2.11. The summed E-state index contributed by atoms with van der Waals surface area (Å²) in [5, 5.41) is 0. The Balaban J connectivity index is 2.44. The summed E-state index contributed by atoms with van der Waals surface area (Å²) in [4.78, 5) is 0. The topological polar surface area (TPSA) is 24.1 Å². The van der Waals surface area contributed by atoms with Gasteiger partial charge in [0.1, 0.15) is 13.1 Å². The fourth-order valence-corrected chi connectivity index (χ4v) is 1.61. The third-order valence-corrected chi connectivity index (χ3v) is 2.44. The molecule has 0 radical (unpaired) electrons. The van der Waals surface area contributed by atoms with Crippen molar-refractivity contribution >= 4 is 0 Å². The second kappa shape index (κ2) is 3.32. The van der Waals surface area contributed by atoms with Gasteiger partial charge in [-0.3, -0.25) is 0 Å². The molecule has 0 aliphatic carbocycles. The number of hydrogen-bond donors (Lipinski definition) is 2. The Morgan fingerprint density at radius 1 is 0.900 bits per heavy atom. The van der Waals surface area contributed by atoms with E-state index in [0.717, 1.165) is 4.70 Å². The largest absolute Gasteiger partial charge is 0.172 e. The van der Waals surface area contributed by atoms with Crippen molar-refractivity contribution in [3.8, 4) is 0 Å². The molecule has 1 aliphatic heterocycles. The third kappa shape index (κ3) is 1.48. The van der Waals surface area contributed by atoms with Crippen LogP contribution in [0.3, 0.4) is 0 Å². The molecule has 0 bridgehead atoms. The van der Waals surface area contributed by atoms with Crippen molar-refractivity contribution < 1.29 is 4.70 Å². The van der Waals surface area contributed by atoms with E-state index in [1.807, 2.05) is 14.1 Å². The van der Waals surface area contributed by atoms with Gasteiger partial charge in [0.15, 0.2) is 0 Å². The maximum absolute atomic E-state index is 3.29. The average molecular weight is 144 g/mol. The summed E-state index contributed by atoms with van der Waals surface area (Å²) >= 11 is 0. The second-order valence-electron chi connectivity index (χ2n) is 2.92. The molecule has 0 atom stereocenters. The SMILES string of the molecule is CN[N+]1(NC)CCCCC1. The fourth-order valence-electron chi connectivity index (χ4n) is 1.61. The molecule has 0 amide bonds. The van der Waals surface area contributed by atoms with Crippen molar-refractivity contribution in [1.82, 2.24) is 10.9 Å². The van der Waals surface area contributed by atoms with Gasteiger partial charge in [-0.05, 0) is 6.42 Å². The van der Waals surface area contributed by atoms with Gasteiger partial charge in [-0.25, -0.2) is 0 Å². The van der Waals surface area contributed by atoms with Gasteiger partial charge >= 0.3 is 0 Å². The zero-order valence-electron chi connectivity index (χ0n) is 6.98. The van der Waals surface area contributed by atoms with Crippen LogP contribution in [0.4, 0.5) is 0 Å². The molecule has 1 rings (SSSR count). The number of piperidine rings is 1. The van der Waals surface area contributed by atoms with E-state index in [1.165, 1.54) is 32.4 Å². The number of nitrogens with zero attached hydrogens (tertiary/aromatic N) is 1. The minimum Gasteiger partial charge on any atom is -0.172 e. The molecule has 0 saturated carbocycles. The minimum atomic E-state index is 0.889. The van der Waals surface area contributed by atoms with E-state index in [1.54, 1.807) is 0 Å². The smallest absolute Gasteiger partial charge is 0.115 e. The van der Waals surface area contributed by atoms with Crippen LogP contribution in [0.25, 0.3) is 0 Å². The van der Waals surface area contributed by atoms with Crippen LogP contribution in [0.1, 0.15) is 19.3 Å². The van der Waals surface area contributed by atoms with Crippen LogP contribution in [0, 0.1) is 0 Å². The number of rotatable bonds is 2. The molecule has 2 N–H and O–H groups in total. The molecule has 1 aliphatic rings. The van der Waals surface area contributed by atoms with E-state index >= 15 is 0 Å². The Bertz CT molecular complexity index is 91.0. The van der Waals surface area contributed by atoms with Gasteiger partial charge in [-0.2, -0.15) is 15.6 Å². The molecule has 1 fully saturated rings. The molecule has 3 nitrogen and oxygen atoms in total. The van der Waals surface area contributed by atoms with Crippen molar-refractivity contribution in [2.75, 3.05) is 27.2 Å². The Hall–Kier alpha value is -0.120. The van der Waals surface area contributed by atoms with Gasteiger partial charge in [-0.1, -0.05) is 0 Å². The maximum atomic E-state index is 3.29. The van der Waals surface area contributed by atoms with Gasteiger partial charge in [0.25, 0.3) is 0 Å². The summed E-state index contributed by atoms with van der Waals surface area (Å²) in [6, 6.07) is 0. The summed E-state index contributed by atoms with van der Waals surface area (Å²) in [5.41, 5.74) is 6.59. The Labute approximate surface area is 62.9 Å². The van der Waals surface area contributed by atoms with Gasteiger partial charge in [0, 0.05) is 26.9 Å². The molecule has 0 spiro atoms. The van der Waals surface area contributed by atoms with E-state index in [2.05, 4.69) is 10.9 Å². The average Bonchev–Trinajstić information content (AvgIpc) is 2.06. The molecule has 0 aromatic carbocycles. The van der Waals surface area contributed by atoms with Gasteiger partial charge in [-0.15, -0.1) is 0 Å². The first kappa shape index (κ1) is 7.98. The van der Waals surface area contributed by atoms with Gasteiger partial charge < -0.3 is 0 Å². The molecule has 1 heterocycles. The first-order valence-corrected chi connectivity index (χ1v) is 4.08. The zero-order chi connectivity index (χ0) is 7.45.